The summed E-state index contributed by atoms with van der Waals surface area (Å²) in [6.45, 7) is 0. The number of nitrogens with two attached hydrogens (primary N) is 1. The molecule has 0 aromatic heterocycles. The molecular weight excluding hydrogens is 214 g/mol. The highest BCUT2D eigenvalue weighted by molar-refractivity contribution is 5.98. The minimum atomic E-state index is -0.476. The largest absolute Gasteiger partial charge is 0.324 e. The molecule has 0 saturated heterocycles. The first-order chi connectivity index (χ1) is 6.70. The lowest BCUT2D eigenvalue weighted by atomic mass is 9.98. The minimum Gasteiger partial charge on any atom is -0.324 e. The Kier molecular flexibility index (Phi) is 3.30. The normalized spacial score (nSPS) is 18.1. The number of benzene rings is 1. The van der Waals surface area contributed by atoms with Crippen LogP contribution >= 0.6 is 12.4 Å². The van der Waals surface area contributed by atoms with Crippen molar-refractivity contribution in [3.8, 4) is 6.07 Å². The fourth-order valence-electron chi connectivity index (χ4n) is 1.50. The molecule has 0 aliphatic carbocycles. The molecule has 0 spiro atoms. The van der Waals surface area contributed by atoms with Gasteiger partial charge in [0.05, 0.1) is 17.7 Å². The molecule has 1 aliphatic heterocycles. The fraction of sp³-hybridized carbons (Fsp3) is 0.200. The average Bonchev–Trinajstić information content (AvgIpc) is 2.19. The first-order valence-corrected chi connectivity index (χ1v) is 4.30. The molecule has 0 saturated carbocycles. The van der Waals surface area contributed by atoms with E-state index in [1.54, 1.807) is 12.1 Å². The van der Waals surface area contributed by atoms with Gasteiger partial charge in [-0.1, -0.05) is 6.07 Å². The van der Waals surface area contributed by atoms with Gasteiger partial charge in [-0.25, -0.2) is 0 Å². The molecule has 1 aliphatic rings. The number of fused-ring (bicyclic) bond motifs is 1. The second-order valence-electron chi connectivity index (χ2n) is 3.28. The van der Waals surface area contributed by atoms with Gasteiger partial charge in [0.1, 0.15) is 0 Å². The van der Waals surface area contributed by atoms with Gasteiger partial charge in [-0.3, -0.25) is 4.79 Å². The van der Waals surface area contributed by atoms with Crippen molar-refractivity contribution in [2.45, 2.75) is 12.5 Å². The standard InChI is InChI=1S/C10H9N3O.ClH/c11-5-6-1-2-7-4-8(12)10(14)13-9(7)3-6;/h1-3,8H,4,12H2,(H,13,14);1H/t8-;/m0./s1. The lowest BCUT2D eigenvalue weighted by Crippen LogP contribution is -2.41. The highest BCUT2D eigenvalue weighted by atomic mass is 35.5. The van der Waals surface area contributed by atoms with E-state index in [2.05, 4.69) is 5.32 Å². The lowest BCUT2D eigenvalue weighted by Gasteiger charge is -2.21. The van der Waals surface area contributed by atoms with Crippen molar-refractivity contribution in [3.63, 3.8) is 0 Å². The fourth-order valence-corrected chi connectivity index (χ4v) is 1.50. The maximum atomic E-state index is 11.2. The zero-order chi connectivity index (χ0) is 10.1. The third kappa shape index (κ3) is 2.09. The van der Waals surface area contributed by atoms with Crippen molar-refractivity contribution in [3.05, 3.63) is 29.3 Å². The Hall–Kier alpha value is -1.57. The minimum absolute atomic E-state index is 0. The van der Waals surface area contributed by atoms with E-state index in [0.717, 1.165) is 5.56 Å². The van der Waals surface area contributed by atoms with Gasteiger partial charge in [0.25, 0.3) is 0 Å². The van der Waals surface area contributed by atoms with Gasteiger partial charge in [0.2, 0.25) is 5.91 Å². The van der Waals surface area contributed by atoms with E-state index in [4.69, 9.17) is 11.0 Å². The van der Waals surface area contributed by atoms with Gasteiger partial charge in [0.15, 0.2) is 0 Å². The number of carbonyl (C=O) groups excluding carboxylic acids is 1. The Morgan fingerprint density at radius 3 is 2.93 bits per heavy atom. The molecule has 78 valence electrons. The van der Waals surface area contributed by atoms with E-state index in [-0.39, 0.29) is 18.3 Å². The number of nitrogens with zero attached hydrogens (tertiary/aromatic N) is 1. The number of amides is 1. The Morgan fingerprint density at radius 1 is 1.53 bits per heavy atom. The molecule has 1 heterocycles. The van der Waals surface area contributed by atoms with Gasteiger partial charge >= 0.3 is 0 Å². The summed E-state index contributed by atoms with van der Waals surface area (Å²) in [5.74, 6) is -0.187. The zero-order valence-corrected chi connectivity index (χ0v) is 8.67. The summed E-state index contributed by atoms with van der Waals surface area (Å²) in [6.07, 6.45) is 0.535. The molecule has 4 nitrogen and oxygen atoms in total. The molecule has 3 N–H and O–H groups in total. The molecule has 15 heavy (non-hydrogen) atoms. The third-order valence-corrected chi connectivity index (χ3v) is 2.27. The average molecular weight is 224 g/mol. The van der Waals surface area contributed by atoms with E-state index in [0.29, 0.717) is 17.7 Å². The van der Waals surface area contributed by atoms with Crippen LogP contribution in [0.2, 0.25) is 0 Å². The molecule has 0 bridgehead atoms. The van der Waals surface area contributed by atoms with Crippen LogP contribution in [-0.2, 0) is 11.2 Å². The van der Waals surface area contributed by atoms with Crippen LogP contribution in [0.5, 0.6) is 0 Å². The van der Waals surface area contributed by atoms with Crippen LogP contribution < -0.4 is 11.1 Å². The first-order valence-electron chi connectivity index (χ1n) is 4.30. The van der Waals surface area contributed by atoms with Gasteiger partial charge < -0.3 is 11.1 Å². The molecule has 1 aromatic carbocycles. The monoisotopic (exact) mass is 223 g/mol. The van der Waals surface area contributed by atoms with Crippen LogP contribution in [-0.4, -0.2) is 11.9 Å². The number of anilines is 1. The van der Waals surface area contributed by atoms with E-state index in [1.807, 2.05) is 12.1 Å². The molecule has 1 aromatic rings. The van der Waals surface area contributed by atoms with Gasteiger partial charge in [0, 0.05) is 5.69 Å². The van der Waals surface area contributed by atoms with Crippen molar-refractivity contribution in [2.75, 3.05) is 5.32 Å². The molecule has 1 atom stereocenters. The summed E-state index contributed by atoms with van der Waals surface area (Å²) < 4.78 is 0. The van der Waals surface area contributed by atoms with E-state index >= 15 is 0 Å². The third-order valence-electron chi connectivity index (χ3n) is 2.27. The number of hydrogen-bond acceptors (Lipinski definition) is 3. The smallest absolute Gasteiger partial charge is 0.241 e. The van der Waals surface area contributed by atoms with Crippen molar-refractivity contribution >= 4 is 24.0 Å². The van der Waals surface area contributed by atoms with E-state index in [9.17, 15) is 4.79 Å². The Balaban J connectivity index is 0.00000112. The van der Waals surface area contributed by atoms with E-state index in [1.165, 1.54) is 0 Å². The van der Waals surface area contributed by atoms with Gasteiger partial charge in [-0.05, 0) is 24.1 Å². The Morgan fingerprint density at radius 2 is 2.27 bits per heavy atom. The maximum absolute atomic E-state index is 11.2. The lowest BCUT2D eigenvalue weighted by molar-refractivity contribution is -0.117. The molecule has 2 rings (SSSR count). The number of rotatable bonds is 0. The predicted molar refractivity (Wildman–Crippen MR) is 58.7 cm³/mol. The molecule has 1 amide bonds. The molecule has 0 unspecified atom stereocenters. The number of nitrogens with one attached hydrogen (secondary N) is 1. The second kappa shape index (κ2) is 4.30. The van der Waals surface area contributed by atoms with Crippen molar-refractivity contribution in [1.29, 1.82) is 5.26 Å². The second-order valence-corrected chi connectivity index (χ2v) is 3.28. The van der Waals surface area contributed by atoms with Crippen LogP contribution in [0.15, 0.2) is 18.2 Å². The summed E-state index contributed by atoms with van der Waals surface area (Å²) >= 11 is 0. The molecule has 0 fully saturated rings. The van der Waals surface area contributed by atoms with Gasteiger partial charge in [-0.2, -0.15) is 5.26 Å². The molecule has 5 heteroatoms. The van der Waals surface area contributed by atoms with Crippen LogP contribution in [0, 0.1) is 11.3 Å². The van der Waals surface area contributed by atoms with Crippen molar-refractivity contribution < 1.29 is 4.79 Å². The summed E-state index contributed by atoms with van der Waals surface area (Å²) in [5, 5.41) is 11.3. The highest BCUT2D eigenvalue weighted by Crippen LogP contribution is 2.22. The van der Waals surface area contributed by atoms with Crippen LogP contribution in [0.3, 0.4) is 0 Å². The van der Waals surface area contributed by atoms with Crippen molar-refractivity contribution in [2.24, 2.45) is 5.73 Å². The summed E-state index contributed by atoms with van der Waals surface area (Å²) in [6, 6.07) is 6.76. The summed E-state index contributed by atoms with van der Waals surface area (Å²) in [5.41, 5.74) is 7.81. The Bertz CT molecular complexity index is 439. The number of hydrogen-bond donors (Lipinski definition) is 2. The maximum Gasteiger partial charge on any atom is 0.241 e. The van der Waals surface area contributed by atoms with Crippen LogP contribution in [0.1, 0.15) is 11.1 Å². The zero-order valence-electron chi connectivity index (χ0n) is 7.86. The van der Waals surface area contributed by atoms with E-state index < -0.39 is 6.04 Å². The highest BCUT2D eigenvalue weighted by Gasteiger charge is 2.22. The van der Waals surface area contributed by atoms with Gasteiger partial charge in [-0.15, -0.1) is 12.4 Å². The molecule has 0 radical (unpaired) electrons. The Labute approximate surface area is 93.5 Å². The number of carbonyl (C=O) groups is 1. The number of halogens is 1. The quantitative estimate of drug-likeness (QED) is 0.683. The van der Waals surface area contributed by atoms with Crippen molar-refractivity contribution in [1.82, 2.24) is 0 Å². The van der Waals surface area contributed by atoms with Crippen LogP contribution in [0.4, 0.5) is 5.69 Å². The predicted octanol–water partition coefficient (Wildman–Crippen LogP) is 0.802. The van der Waals surface area contributed by atoms with Crippen LogP contribution in [0.25, 0.3) is 0 Å². The SMILES string of the molecule is Cl.N#Cc1ccc2c(c1)NC(=O)[C@@H](N)C2. The first kappa shape index (κ1) is 11.5. The molecular formula is C10H10ClN3O. The number of nitriles is 1. The summed E-state index contributed by atoms with van der Waals surface area (Å²) in [4.78, 5) is 11.2. The topological polar surface area (TPSA) is 78.9 Å². The summed E-state index contributed by atoms with van der Waals surface area (Å²) in [7, 11) is 0.